The van der Waals surface area contributed by atoms with Gasteiger partial charge in [-0.05, 0) is 0 Å². The number of hydrogen-bond donors (Lipinski definition) is 3. The minimum absolute atomic E-state index is 0.106. The maximum absolute atomic E-state index is 11.2. The predicted molar refractivity (Wildman–Crippen MR) is 65.2 cm³/mol. The summed E-state index contributed by atoms with van der Waals surface area (Å²) in [6.45, 7) is 3.44. The van der Waals surface area contributed by atoms with Crippen molar-refractivity contribution in [2.24, 2.45) is 0 Å². The van der Waals surface area contributed by atoms with Crippen molar-refractivity contribution < 1.29 is 17.9 Å². The predicted octanol–water partition coefficient (Wildman–Crippen LogP) is -1.72. The topological polar surface area (TPSA) is 96.5 Å². The number of carbonyl (C=O) groups excluding carboxylic acids is 1. The molecule has 7 nitrogen and oxygen atoms in total. The highest BCUT2D eigenvalue weighted by Gasteiger charge is 2.08. The Kier molecular flexibility index (Phi) is 8.96. The van der Waals surface area contributed by atoms with Gasteiger partial charge in [0.25, 0.3) is 0 Å². The van der Waals surface area contributed by atoms with E-state index < -0.39 is 10.0 Å². The Hall–Kier alpha value is -0.700. The van der Waals surface area contributed by atoms with Gasteiger partial charge in [-0.1, -0.05) is 6.92 Å². The van der Waals surface area contributed by atoms with Crippen molar-refractivity contribution in [3.8, 4) is 0 Å². The van der Waals surface area contributed by atoms with Crippen molar-refractivity contribution in [1.82, 2.24) is 15.4 Å². The Morgan fingerprint density at radius 2 is 2.00 bits per heavy atom. The average Bonchev–Trinajstić information content (AvgIpc) is 2.24. The molecular formula is C9H21N3O4S. The summed E-state index contributed by atoms with van der Waals surface area (Å²) in [6, 6.07) is 0. The molecule has 0 aromatic heterocycles. The third-order valence-corrected chi connectivity index (χ3v) is 3.30. The van der Waals surface area contributed by atoms with Crippen LogP contribution in [0.25, 0.3) is 0 Å². The summed E-state index contributed by atoms with van der Waals surface area (Å²) in [5.41, 5.74) is 0. The van der Waals surface area contributed by atoms with E-state index >= 15 is 0 Å². The molecule has 0 aliphatic heterocycles. The lowest BCUT2D eigenvalue weighted by Gasteiger charge is -2.07. The third-order valence-electron chi connectivity index (χ3n) is 1.83. The van der Waals surface area contributed by atoms with Gasteiger partial charge >= 0.3 is 0 Å². The van der Waals surface area contributed by atoms with Gasteiger partial charge in [-0.3, -0.25) is 4.79 Å². The lowest BCUT2D eigenvalue weighted by atomic mass is 10.5. The fourth-order valence-electron chi connectivity index (χ4n) is 1.06. The Morgan fingerprint density at radius 3 is 2.59 bits per heavy atom. The van der Waals surface area contributed by atoms with Crippen LogP contribution in [0.2, 0.25) is 0 Å². The quantitative estimate of drug-likeness (QED) is 0.409. The molecule has 0 saturated heterocycles. The molecule has 0 aliphatic carbocycles. The number of rotatable bonds is 10. The number of amides is 1. The molecule has 8 heteroatoms. The number of methoxy groups -OCH3 is 1. The average molecular weight is 267 g/mol. The minimum atomic E-state index is -3.26. The third kappa shape index (κ3) is 10.2. The van der Waals surface area contributed by atoms with Gasteiger partial charge < -0.3 is 15.4 Å². The molecule has 0 heterocycles. The highest BCUT2D eigenvalue weighted by molar-refractivity contribution is 7.89. The van der Waals surface area contributed by atoms with Gasteiger partial charge in [-0.15, -0.1) is 0 Å². The van der Waals surface area contributed by atoms with Crippen molar-refractivity contribution in [2.45, 2.75) is 6.92 Å². The van der Waals surface area contributed by atoms with Crippen LogP contribution in [0.4, 0.5) is 0 Å². The smallest absolute Gasteiger partial charge is 0.233 e. The molecule has 102 valence electrons. The molecule has 0 aromatic carbocycles. The Balaban J connectivity index is 3.57. The van der Waals surface area contributed by atoms with E-state index in [0.717, 1.165) is 0 Å². The van der Waals surface area contributed by atoms with Crippen molar-refractivity contribution in [3.05, 3.63) is 0 Å². The van der Waals surface area contributed by atoms with Crippen LogP contribution >= 0.6 is 0 Å². The lowest BCUT2D eigenvalue weighted by Crippen LogP contribution is -2.39. The second kappa shape index (κ2) is 9.34. The molecule has 0 radical (unpaired) electrons. The highest BCUT2D eigenvalue weighted by Crippen LogP contribution is 1.81. The molecule has 0 atom stereocenters. The molecular weight excluding hydrogens is 246 g/mol. The van der Waals surface area contributed by atoms with Gasteiger partial charge in [0.1, 0.15) is 0 Å². The standard InChI is InChI=1S/C9H21N3O4S/c1-3-12-17(14,15)7-5-11-9(13)8-10-4-6-16-2/h10,12H,3-8H2,1-2H3,(H,11,13). The first kappa shape index (κ1) is 16.3. The number of hydrogen-bond acceptors (Lipinski definition) is 5. The monoisotopic (exact) mass is 267 g/mol. The second-order valence-corrected chi connectivity index (χ2v) is 5.26. The first-order valence-electron chi connectivity index (χ1n) is 5.45. The van der Waals surface area contributed by atoms with Gasteiger partial charge in [0.2, 0.25) is 15.9 Å². The molecule has 0 aromatic rings. The largest absolute Gasteiger partial charge is 0.383 e. The van der Waals surface area contributed by atoms with Crippen molar-refractivity contribution in [2.75, 3.05) is 45.6 Å². The second-order valence-electron chi connectivity index (χ2n) is 3.34. The summed E-state index contributed by atoms with van der Waals surface area (Å²) in [6.07, 6.45) is 0. The Bertz CT molecular complexity index is 305. The summed E-state index contributed by atoms with van der Waals surface area (Å²) in [7, 11) is -1.68. The number of carbonyl (C=O) groups is 1. The van der Waals surface area contributed by atoms with E-state index in [9.17, 15) is 13.2 Å². The molecule has 0 saturated carbocycles. The maximum Gasteiger partial charge on any atom is 0.233 e. The summed E-state index contributed by atoms with van der Waals surface area (Å²) < 4.78 is 29.6. The zero-order valence-electron chi connectivity index (χ0n) is 10.3. The fourth-order valence-corrected chi connectivity index (χ4v) is 2.01. The van der Waals surface area contributed by atoms with E-state index in [4.69, 9.17) is 4.74 Å². The Morgan fingerprint density at radius 1 is 1.29 bits per heavy atom. The van der Waals surface area contributed by atoms with Crippen molar-refractivity contribution >= 4 is 15.9 Å². The van der Waals surface area contributed by atoms with E-state index in [1.165, 1.54) is 0 Å². The molecule has 0 spiro atoms. The number of nitrogens with one attached hydrogen (secondary N) is 3. The van der Waals surface area contributed by atoms with Crippen LogP contribution in [0.15, 0.2) is 0 Å². The molecule has 17 heavy (non-hydrogen) atoms. The summed E-state index contributed by atoms with van der Waals surface area (Å²) in [4.78, 5) is 11.2. The van der Waals surface area contributed by atoms with E-state index in [2.05, 4.69) is 15.4 Å². The highest BCUT2D eigenvalue weighted by atomic mass is 32.2. The van der Waals surface area contributed by atoms with Crippen LogP contribution in [0.1, 0.15) is 6.92 Å². The van der Waals surface area contributed by atoms with E-state index in [0.29, 0.717) is 19.7 Å². The number of ether oxygens (including phenoxy) is 1. The molecule has 0 bridgehead atoms. The first-order valence-corrected chi connectivity index (χ1v) is 7.10. The van der Waals surface area contributed by atoms with Crippen LogP contribution in [-0.4, -0.2) is 60.0 Å². The van der Waals surface area contributed by atoms with Crippen LogP contribution < -0.4 is 15.4 Å². The van der Waals surface area contributed by atoms with Crippen LogP contribution in [0.5, 0.6) is 0 Å². The molecule has 0 unspecified atom stereocenters. The van der Waals surface area contributed by atoms with Crippen LogP contribution in [0, 0.1) is 0 Å². The van der Waals surface area contributed by atoms with Gasteiger partial charge in [-0.25, -0.2) is 13.1 Å². The lowest BCUT2D eigenvalue weighted by molar-refractivity contribution is -0.120. The van der Waals surface area contributed by atoms with Gasteiger partial charge in [-0.2, -0.15) is 0 Å². The first-order chi connectivity index (χ1) is 8.02. The zero-order chi connectivity index (χ0) is 13.1. The molecule has 0 aliphatic rings. The van der Waals surface area contributed by atoms with Gasteiger partial charge in [0.15, 0.2) is 0 Å². The van der Waals surface area contributed by atoms with Gasteiger partial charge in [0, 0.05) is 26.7 Å². The summed E-state index contributed by atoms with van der Waals surface area (Å²) in [5, 5.41) is 5.37. The molecule has 1 amide bonds. The fraction of sp³-hybridized carbons (Fsp3) is 0.889. The maximum atomic E-state index is 11.2. The van der Waals surface area contributed by atoms with E-state index in [-0.39, 0.29) is 24.7 Å². The van der Waals surface area contributed by atoms with Crippen molar-refractivity contribution in [3.63, 3.8) is 0 Å². The SMILES string of the molecule is CCNS(=O)(=O)CCNC(=O)CNCCOC. The van der Waals surface area contributed by atoms with Gasteiger partial charge in [0.05, 0.1) is 18.9 Å². The normalized spacial score (nSPS) is 11.4. The summed E-state index contributed by atoms with van der Waals surface area (Å²) >= 11 is 0. The van der Waals surface area contributed by atoms with E-state index in [1.54, 1.807) is 14.0 Å². The van der Waals surface area contributed by atoms with Crippen LogP contribution in [0.3, 0.4) is 0 Å². The van der Waals surface area contributed by atoms with Crippen LogP contribution in [-0.2, 0) is 19.6 Å². The van der Waals surface area contributed by atoms with E-state index in [1.807, 2.05) is 0 Å². The molecule has 0 fully saturated rings. The summed E-state index contributed by atoms with van der Waals surface area (Å²) in [5.74, 6) is -0.335. The molecule has 0 rings (SSSR count). The van der Waals surface area contributed by atoms with Crippen molar-refractivity contribution in [1.29, 1.82) is 0 Å². The molecule has 3 N–H and O–H groups in total. The Labute approximate surface area is 102 Å². The minimum Gasteiger partial charge on any atom is -0.383 e. The number of sulfonamides is 1. The zero-order valence-corrected chi connectivity index (χ0v) is 11.1.